The van der Waals surface area contributed by atoms with E-state index in [0.29, 0.717) is 5.92 Å². The Balaban J connectivity index is 2.13. The molecule has 1 saturated carbocycles. The Morgan fingerprint density at radius 2 is 1.96 bits per heavy atom. The minimum Gasteiger partial charge on any atom is -0.357 e. The molecule has 0 aliphatic heterocycles. The minimum absolute atomic E-state index is 0.0421. The molecule has 1 N–H and O–H groups in total. The Hall–Kier alpha value is -2.27. The van der Waals surface area contributed by atoms with Gasteiger partial charge in [-0.2, -0.15) is 0 Å². The van der Waals surface area contributed by atoms with Crippen molar-refractivity contribution in [3.63, 3.8) is 0 Å². The fraction of sp³-hybridized carbons (Fsp3) is 0.500. The minimum atomic E-state index is -0.174. The highest BCUT2D eigenvalue weighted by molar-refractivity contribution is 5.91. The maximum absolute atomic E-state index is 8.16. The van der Waals surface area contributed by atoms with Gasteiger partial charge in [-0.25, -0.2) is 6.57 Å². The molecule has 0 amide bonds. The van der Waals surface area contributed by atoms with E-state index < -0.39 is 0 Å². The molecule has 2 nitrogen and oxygen atoms in total. The molecule has 1 aromatic heterocycles. The van der Waals surface area contributed by atoms with Crippen LogP contribution in [0.1, 0.15) is 70.2 Å². The van der Waals surface area contributed by atoms with Crippen LogP contribution in [0, 0.1) is 17.9 Å². The molecule has 146 valence electrons. The summed E-state index contributed by atoms with van der Waals surface area (Å²) in [5, 5.41) is 1.35. The van der Waals surface area contributed by atoms with E-state index in [1.165, 1.54) is 27.7 Å². The number of nitrogens with zero attached hydrogens (tertiary/aromatic N) is 1. The molecule has 1 fully saturated rings. The molecule has 4 atom stereocenters. The van der Waals surface area contributed by atoms with Crippen molar-refractivity contribution < 1.29 is 0 Å². The van der Waals surface area contributed by atoms with Crippen molar-refractivity contribution in [2.75, 3.05) is 0 Å². The third-order valence-corrected chi connectivity index (χ3v) is 8.02. The van der Waals surface area contributed by atoms with Gasteiger partial charge in [0.15, 0.2) is 0 Å². The number of hydrogen-bond donors (Lipinski definition) is 1. The zero-order valence-electron chi connectivity index (χ0n) is 17.9. The van der Waals surface area contributed by atoms with Crippen LogP contribution in [-0.4, -0.2) is 11.0 Å². The number of benzene rings is 1. The summed E-state index contributed by atoms with van der Waals surface area (Å²) >= 11 is 0. The van der Waals surface area contributed by atoms with E-state index >= 15 is 0 Å². The first kappa shape index (κ1) is 19.1. The van der Waals surface area contributed by atoms with Crippen LogP contribution in [-0.2, 0) is 10.8 Å². The van der Waals surface area contributed by atoms with Gasteiger partial charge < -0.3 is 9.83 Å². The van der Waals surface area contributed by atoms with Gasteiger partial charge in [0.2, 0.25) is 6.04 Å². The Kier molecular flexibility index (Phi) is 3.99. The SMILES string of the molecule is [C-]#[N+]C1C2c3c(C(C)(C)C=C)[nH]c4cccc(c34)C(C)(C)C2CCC1(C)C=C. The van der Waals surface area contributed by atoms with Crippen LogP contribution in [0.3, 0.4) is 0 Å². The van der Waals surface area contributed by atoms with E-state index in [0.717, 1.165) is 12.8 Å². The van der Waals surface area contributed by atoms with E-state index in [-0.39, 0.29) is 28.2 Å². The van der Waals surface area contributed by atoms with E-state index in [4.69, 9.17) is 6.57 Å². The number of rotatable bonds is 3. The van der Waals surface area contributed by atoms with Gasteiger partial charge in [0.1, 0.15) is 0 Å². The third kappa shape index (κ3) is 2.26. The first-order chi connectivity index (χ1) is 13.1. The summed E-state index contributed by atoms with van der Waals surface area (Å²) in [6.07, 6.45) is 6.23. The fourth-order valence-electron chi connectivity index (χ4n) is 6.00. The molecular weight excluding hydrogens is 340 g/mol. The Labute approximate surface area is 169 Å². The highest BCUT2D eigenvalue weighted by Crippen LogP contribution is 2.61. The van der Waals surface area contributed by atoms with Crippen molar-refractivity contribution in [3.05, 3.63) is 71.7 Å². The van der Waals surface area contributed by atoms with Crippen LogP contribution in [0.25, 0.3) is 15.7 Å². The molecule has 28 heavy (non-hydrogen) atoms. The van der Waals surface area contributed by atoms with Crippen LogP contribution in [0.4, 0.5) is 0 Å². The fourth-order valence-corrected chi connectivity index (χ4v) is 6.00. The Morgan fingerprint density at radius 3 is 2.57 bits per heavy atom. The zero-order valence-corrected chi connectivity index (χ0v) is 17.9. The van der Waals surface area contributed by atoms with Crippen LogP contribution >= 0.6 is 0 Å². The monoisotopic (exact) mass is 372 g/mol. The van der Waals surface area contributed by atoms with Crippen molar-refractivity contribution in [1.82, 2.24) is 4.98 Å². The molecule has 2 heteroatoms. The lowest BCUT2D eigenvalue weighted by atomic mass is 9.50. The summed E-state index contributed by atoms with van der Waals surface area (Å²) in [5.41, 5.74) is 4.94. The lowest BCUT2D eigenvalue weighted by Gasteiger charge is -2.51. The van der Waals surface area contributed by atoms with Crippen molar-refractivity contribution in [2.45, 2.75) is 70.3 Å². The molecule has 2 aliphatic carbocycles. The number of H-pyrrole nitrogens is 1. The van der Waals surface area contributed by atoms with Gasteiger partial charge in [-0.3, -0.25) is 0 Å². The van der Waals surface area contributed by atoms with Crippen LogP contribution in [0.5, 0.6) is 0 Å². The Bertz CT molecular complexity index is 1010. The van der Waals surface area contributed by atoms with Gasteiger partial charge in [0.05, 0.1) is 11.3 Å². The van der Waals surface area contributed by atoms with Crippen molar-refractivity contribution in [2.24, 2.45) is 11.3 Å². The number of aromatic amines is 1. The summed E-state index contributed by atoms with van der Waals surface area (Å²) in [4.78, 5) is 8.00. The maximum atomic E-state index is 8.16. The largest absolute Gasteiger partial charge is 0.357 e. The predicted octanol–water partition coefficient (Wildman–Crippen LogP) is 6.90. The highest BCUT2D eigenvalue weighted by Gasteiger charge is 2.58. The smallest absolute Gasteiger partial charge is 0.239 e. The number of nitrogens with one attached hydrogen (secondary N) is 1. The van der Waals surface area contributed by atoms with E-state index in [1.54, 1.807) is 0 Å². The molecule has 4 unspecified atom stereocenters. The third-order valence-electron chi connectivity index (χ3n) is 8.02. The summed E-state index contributed by atoms with van der Waals surface area (Å²) < 4.78 is 0. The first-order valence-electron chi connectivity index (χ1n) is 10.4. The second-order valence-corrected chi connectivity index (χ2v) is 10.2. The maximum Gasteiger partial charge on any atom is 0.239 e. The van der Waals surface area contributed by atoms with Crippen LogP contribution in [0.2, 0.25) is 0 Å². The quantitative estimate of drug-likeness (QED) is 0.447. The molecule has 0 saturated heterocycles. The molecule has 1 aromatic carbocycles. The first-order valence-corrected chi connectivity index (χ1v) is 10.4. The predicted molar refractivity (Wildman–Crippen MR) is 119 cm³/mol. The summed E-state index contributed by atoms with van der Waals surface area (Å²) in [6.45, 7) is 27.8. The molecule has 2 aromatic rings. The van der Waals surface area contributed by atoms with E-state index in [1.807, 2.05) is 12.2 Å². The second kappa shape index (κ2) is 5.86. The Morgan fingerprint density at radius 1 is 1.25 bits per heavy atom. The van der Waals surface area contributed by atoms with E-state index in [9.17, 15) is 0 Å². The molecule has 2 aliphatic rings. The summed E-state index contributed by atoms with van der Waals surface area (Å²) in [7, 11) is 0. The summed E-state index contributed by atoms with van der Waals surface area (Å²) in [6, 6.07) is 6.57. The molecule has 0 bridgehead atoms. The van der Waals surface area contributed by atoms with Crippen LogP contribution < -0.4 is 0 Å². The van der Waals surface area contributed by atoms with Crippen molar-refractivity contribution in [3.8, 4) is 0 Å². The molecule has 4 rings (SSSR count). The van der Waals surface area contributed by atoms with Gasteiger partial charge in [-0.05, 0) is 48.3 Å². The molecule has 1 heterocycles. The van der Waals surface area contributed by atoms with Crippen LogP contribution in [0.15, 0.2) is 43.5 Å². The molecule has 0 spiro atoms. The molecule has 0 radical (unpaired) electrons. The topological polar surface area (TPSA) is 20.1 Å². The normalized spacial score (nSPS) is 31.1. The van der Waals surface area contributed by atoms with Crippen molar-refractivity contribution >= 4 is 10.9 Å². The highest BCUT2D eigenvalue weighted by atomic mass is 14.8. The van der Waals surface area contributed by atoms with Gasteiger partial charge >= 0.3 is 0 Å². The van der Waals surface area contributed by atoms with Gasteiger partial charge in [0.25, 0.3) is 0 Å². The van der Waals surface area contributed by atoms with Gasteiger partial charge in [-0.15, -0.1) is 13.2 Å². The molecular formula is C26H32N2. The summed E-state index contributed by atoms with van der Waals surface area (Å²) in [5.74, 6) is 0.662. The average Bonchev–Trinajstić information content (AvgIpc) is 3.06. The number of fused-ring (bicyclic) bond motifs is 2. The second-order valence-electron chi connectivity index (χ2n) is 10.2. The number of allylic oxidation sites excluding steroid dienone is 1. The van der Waals surface area contributed by atoms with E-state index in [2.05, 4.69) is 75.8 Å². The standard InChI is InChI=1S/C26H32N2/c1-9-24(3,4)22-21-19-16(12-11-13-18(19)28-22)25(5,6)17-14-15-26(7,10-2)23(27-8)20(17)21/h9-13,17,20,23,28H,1-2,14-15H2,3-7H3. The average molecular weight is 373 g/mol. The lowest BCUT2D eigenvalue weighted by Crippen LogP contribution is -2.49. The lowest BCUT2D eigenvalue weighted by molar-refractivity contribution is 0.118. The van der Waals surface area contributed by atoms with Crippen molar-refractivity contribution in [1.29, 1.82) is 0 Å². The van der Waals surface area contributed by atoms with Gasteiger partial charge in [-0.1, -0.05) is 52.0 Å². The van der Waals surface area contributed by atoms with Gasteiger partial charge in [0, 0.05) is 22.0 Å². The number of hydrogen-bond acceptors (Lipinski definition) is 0. The zero-order chi connectivity index (χ0) is 20.5. The number of aromatic nitrogens is 1.